The molecule has 4 nitrogen and oxygen atoms in total. The van der Waals surface area contributed by atoms with E-state index in [-0.39, 0.29) is 11.8 Å². The Kier molecular flexibility index (Phi) is 5.93. The highest BCUT2D eigenvalue weighted by Gasteiger charge is 2.22. The largest absolute Gasteiger partial charge is 0.348 e. The molecule has 1 heterocycles. The van der Waals surface area contributed by atoms with Crippen molar-refractivity contribution in [3.63, 3.8) is 0 Å². The van der Waals surface area contributed by atoms with Crippen LogP contribution in [0, 0.1) is 6.92 Å². The highest BCUT2D eigenvalue weighted by molar-refractivity contribution is 8.04. The fourth-order valence-corrected chi connectivity index (χ4v) is 4.14. The molecule has 1 aliphatic heterocycles. The van der Waals surface area contributed by atoms with Gasteiger partial charge in [-0.3, -0.25) is 9.59 Å². The molecule has 0 radical (unpaired) electrons. The van der Waals surface area contributed by atoms with Crippen LogP contribution in [-0.2, 0) is 11.3 Å². The number of hydrogen-bond donors (Lipinski definition) is 2. The number of carbonyl (C=O) groups is 2. The first kappa shape index (κ1) is 20.3. The second-order valence-corrected chi connectivity index (χ2v) is 8.46. The molecule has 0 saturated heterocycles. The Labute approximate surface area is 184 Å². The predicted octanol–water partition coefficient (Wildman–Crippen LogP) is 5.66. The SMILES string of the molecule is Cc1ccc(CNC(=O)c2ccc3c(c2)NC(=O)C(=Cc2ccccc2Cl)S3)cc1. The predicted molar refractivity (Wildman–Crippen MR) is 123 cm³/mol. The maximum absolute atomic E-state index is 12.5. The van der Waals surface area contributed by atoms with Gasteiger partial charge in [-0.25, -0.2) is 0 Å². The molecule has 30 heavy (non-hydrogen) atoms. The molecule has 3 aromatic carbocycles. The van der Waals surface area contributed by atoms with Gasteiger partial charge in [0, 0.05) is 22.0 Å². The third kappa shape index (κ3) is 4.58. The Morgan fingerprint density at radius 3 is 2.63 bits per heavy atom. The monoisotopic (exact) mass is 434 g/mol. The topological polar surface area (TPSA) is 58.2 Å². The molecular weight excluding hydrogens is 416 g/mol. The maximum atomic E-state index is 12.5. The van der Waals surface area contributed by atoms with Crippen LogP contribution in [0.5, 0.6) is 0 Å². The summed E-state index contributed by atoms with van der Waals surface area (Å²) in [5.74, 6) is -0.403. The van der Waals surface area contributed by atoms with E-state index >= 15 is 0 Å². The highest BCUT2D eigenvalue weighted by Crippen LogP contribution is 2.39. The lowest BCUT2D eigenvalue weighted by atomic mass is 10.1. The van der Waals surface area contributed by atoms with E-state index in [4.69, 9.17) is 11.6 Å². The summed E-state index contributed by atoms with van der Waals surface area (Å²) < 4.78 is 0. The van der Waals surface area contributed by atoms with Gasteiger partial charge in [0.1, 0.15) is 0 Å². The standard InChI is InChI=1S/C24H19ClN2O2S/c1-15-6-8-16(9-7-15)14-26-23(28)18-10-11-21-20(12-18)27-24(29)22(30-21)13-17-4-2-3-5-19(17)25/h2-13H,14H2,1H3,(H,26,28)(H,27,29). The molecule has 0 spiro atoms. The Morgan fingerprint density at radius 2 is 1.87 bits per heavy atom. The molecule has 0 saturated carbocycles. The highest BCUT2D eigenvalue weighted by atomic mass is 35.5. The van der Waals surface area contributed by atoms with Gasteiger partial charge in [0.15, 0.2) is 0 Å². The van der Waals surface area contributed by atoms with E-state index < -0.39 is 0 Å². The molecule has 150 valence electrons. The van der Waals surface area contributed by atoms with Gasteiger partial charge in [-0.15, -0.1) is 0 Å². The number of fused-ring (bicyclic) bond motifs is 1. The molecule has 0 aliphatic carbocycles. The zero-order chi connectivity index (χ0) is 21.1. The maximum Gasteiger partial charge on any atom is 0.262 e. The Hall–Kier alpha value is -3.02. The number of anilines is 1. The number of aryl methyl sites for hydroxylation is 1. The minimum absolute atomic E-state index is 0.185. The van der Waals surface area contributed by atoms with Gasteiger partial charge in [-0.2, -0.15) is 0 Å². The first-order chi connectivity index (χ1) is 14.5. The smallest absolute Gasteiger partial charge is 0.262 e. The van der Waals surface area contributed by atoms with Crippen LogP contribution in [0.15, 0.2) is 76.5 Å². The quantitative estimate of drug-likeness (QED) is 0.520. The number of halogens is 1. The molecule has 0 atom stereocenters. The van der Waals surface area contributed by atoms with Crippen molar-refractivity contribution in [2.45, 2.75) is 18.4 Å². The van der Waals surface area contributed by atoms with Crippen LogP contribution in [0.1, 0.15) is 27.0 Å². The minimum Gasteiger partial charge on any atom is -0.348 e. The van der Waals surface area contributed by atoms with Crippen molar-refractivity contribution < 1.29 is 9.59 Å². The number of hydrogen-bond acceptors (Lipinski definition) is 3. The van der Waals surface area contributed by atoms with Crippen LogP contribution in [0.3, 0.4) is 0 Å². The van der Waals surface area contributed by atoms with Crippen molar-refractivity contribution >= 4 is 46.9 Å². The van der Waals surface area contributed by atoms with Gasteiger partial charge in [-0.1, -0.05) is 71.4 Å². The van der Waals surface area contributed by atoms with Crippen molar-refractivity contribution in [2.75, 3.05) is 5.32 Å². The minimum atomic E-state index is -0.218. The van der Waals surface area contributed by atoms with E-state index in [2.05, 4.69) is 10.6 Å². The fourth-order valence-electron chi connectivity index (χ4n) is 3.03. The summed E-state index contributed by atoms with van der Waals surface area (Å²) >= 11 is 7.56. The average molecular weight is 435 g/mol. The van der Waals surface area contributed by atoms with Crippen LogP contribution in [0.4, 0.5) is 5.69 Å². The van der Waals surface area contributed by atoms with E-state index in [9.17, 15) is 9.59 Å². The fraction of sp³-hybridized carbons (Fsp3) is 0.0833. The lowest BCUT2D eigenvalue weighted by Crippen LogP contribution is -2.23. The lowest BCUT2D eigenvalue weighted by Gasteiger charge is -2.19. The molecule has 3 aromatic rings. The van der Waals surface area contributed by atoms with Crippen molar-refractivity contribution in [3.05, 3.63) is 98.9 Å². The summed E-state index contributed by atoms with van der Waals surface area (Å²) in [6.45, 7) is 2.47. The number of nitrogens with one attached hydrogen (secondary N) is 2. The molecule has 2 N–H and O–H groups in total. The molecular formula is C24H19ClN2O2S. The number of benzene rings is 3. The molecule has 1 aliphatic rings. The Balaban J connectivity index is 1.49. The zero-order valence-corrected chi connectivity index (χ0v) is 17.8. The van der Waals surface area contributed by atoms with Gasteiger partial charge < -0.3 is 10.6 Å². The number of rotatable bonds is 4. The lowest BCUT2D eigenvalue weighted by molar-refractivity contribution is -0.112. The van der Waals surface area contributed by atoms with E-state index in [0.717, 1.165) is 16.0 Å². The summed E-state index contributed by atoms with van der Waals surface area (Å²) in [7, 11) is 0. The van der Waals surface area contributed by atoms with Crippen molar-refractivity contribution in [1.29, 1.82) is 0 Å². The molecule has 0 bridgehead atoms. The normalized spacial score (nSPS) is 14.2. The van der Waals surface area contributed by atoms with Gasteiger partial charge in [0.25, 0.3) is 11.8 Å². The van der Waals surface area contributed by atoms with E-state index in [1.54, 1.807) is 24.3 Å². The van der Waals surface area contributed by atoms with Crippen LogP contribution in [0.2, 0.25) is 5.02 Å². The number of thioether (sulfide) groups is 1. The average Bonchev–Trinajstić information content (AvgIpc) is 2.75. The van der Waals surface area contributed by atoms with Gasteiger partial charge in [0.2, 0.25) is 0 Å². The molecule has 4 rings (SSSR count). The zero-order valence-electron chi connectivity index (χ0n) is 16.2. The third-order valence-electron chi connectivity index (χ3n) is 4.70. The third-order valence-corrected chi connectivity index (χ3v) is 6.14. The van der Waals surface area contributed by atoms with Crippen LogP contribution in [0.25, 0.3) is 6.08 Å². The number of carbonyl (C=O) groups excluding carboxylic acids is 2. The molecule has 0 fully saturated rings. The first-order valence-corrected chi connectivity index (χ1v) is 10.6. The van der Waals surface area contributed by atoms with Crippen LogP contribution < -0.4 is 10.6 Å². The van der Waals surface area contributed by atoms with E-state index in [1.807, 2.05) is 55.5 Å². The van der Waals surface area contributed by atoms with Crippen LogP contribution >= 0.6 is 23.4 Å². The molecule has 6 heteroatoms. The van der Waals surface area contributed by atoms with Crippen LogP contribution in [-0.4, -0.2) is 11.8 Å². The Morgan fingerprint density at radius 1 is 1.10 bits per heavy atom. The van der Waals surface area contributed by atoms with Gasteiger partial charge in [-0.05, 0) is 48.4 Å². The second-order valence-electron chi connectivity index (χ2n) is 6.97. The van der Waals surface area contributed by atoms with E-state index in [1.165, 1.54) is 17.3 Å². The van der Waals surface area contributed by atoms with Crippen molar-refractivity contribution in [3.8, 4) is 0 Å². The summed E-state index contributed by atoms with van der Waals surface area (Å²) in [6, 6.07) is 20.7. The second kappa shape index (κ2) is 8.78. The van der Waals surface area contributed by atoms with Gasteiger partial charge in [0.05, 0.1) is 10.6 Å². The summed E-state index contributed by atoms with van der Waals surface area (Å²) in [4.78, 5) is 26.5. The Bertz CT molecular complexity index is 1160. The number of amides is 2. The first-order valence-electron chi connectivity index (χ1n) is 9.43. The van der Waals surface area contributed by atoms with Crippen molar-refractivity contribution in [1.82, 2.24) is 5.32 Å². The summed E-state index contributed by atoms with van der Waals surface area (Å²) in [5.41, 5.74) is 4.12. The molecule has 0 unspecified atom stereocenters. The van der Waals surface area contributed by atoms with E-state index in [0.29, 0.717) is 27.7 Å². The molecule has 0 aromatic heterocycles. The van der Waals surface area contributed by atoms with Crippen molar-refractivity contribution in [2.24, 2.45) is 0 Å². The summed E-state index contributed by atoms with van der Waals surface area (Å²) in [5, 5.41) is 6.38. The van der Waals surface area contributed by atoms with Gasteiger partial charge >= 0.3 is 0 Å². The summed E-state index contributed by atoms with van der Waals surface area (Å²) in [6.07, 6.45) is 1.77. The molecule has 2 amide bonds.